The third kappa shape index (κ3) is 2.71. The number of likely N-dealkylation sites (tertiary alicyclic amines) is 1. The molecule has 0 unspecified atom stereocenters. The SMILES string of the molecule is Cc1cc(C2CCN([C@@H]3COC4(CNC4)C3)CC2)c(C)c(C)c1C. The Kier molecular flexibility index (Phi) is 4.22. The molecule has 1 aromatic carbocycles. The molecule has 132 valence electrons. The van der Waals surface area contributed by atoms with Crippen LogP contribution in [0.25, 0.3) is 0 Å². The molecule has 0 saturated carbocycles. The van der Waals surface area contributed by atoms with Crippen LogP contribution >= 0.6 is 0 Å². The summed E-state index contributed by atoms with van der Waals surface area (Å²) >= 11 is 0. The van der Waals surface area contributed by atoms with Gasteiger partial charge in [-0.3, -0.25) is 4.90 Å². The van der Waals surface area contributed by atoms with E-state index in [1.54, 1.807) is 5.56 Å². The highest BCUT2D eigenvalue weighted by Crippen LogP contribution is 2.37. The molecule has 1 spiro atoms. The van der Waals surface area contributed by atoms with E-state index >= 15 is 0 Å². The van der Waals surface area contributed by atoms with E-state index in [0.29, 0.717) is 6.04 Å². The smallest absolute Gasteiger partial charge is 0.0946 e. The zero-order valence-electron chi connectivity index (χ0n) is 15.7. The van der Waals surface area contributed by atoms with Gasteiger partial charge in [-0.1, -0.05) is 6.07 Å². The Bertz CT molecular complexity index is 627. The third-order valence-corrected chi connectivity index (χ3v) is 7.09. The minimum Gasteiger partial charge on any atom is -0.371 e. The van der Waals surface area contributed by atoms with Gasteiger partial charge in [0.2, 0.25) is 0 Å². The van der Waals surface area contributed by atoms with Crippen LogP contribution in [0.1, 0.15) is 53.0 Å². The number of hydrogen-bond donors (Lipinski definition) is 1. The second-order valence-electron chi connectivity index (χ2n) is 8.42. The lowest BCUT2D eigenvalue weighted by Gasteiger charge is -2.40. The molecule has 1 atom stereocenters. The zero-order valence-corrected chi connectivity index (χ0v) is 15.7. The molecule has 4 rings (SSSR count). The van der Waals surface area contributed by atoms with Crippen molar-refractivity contribution in [1.82, 2.24) is 10.2 Å². The molecule has 1 N–H and O–H groups in total. The Balaban J connectivity index is 1.42. The summed E-state index contributed by atoms with van der Waals surface area (Å²) in [5, 5.41) is 3.37. The van der Waals surface area contributed by atoms with Crippen molar-refractivity contribution in [1.29, 1.82) is 0 Å². The van der Waals surface area contributed by atoms with Gasteiger partial charge >= 0.3 is 0 Å². The average Bonchev–Trinajstić information content (AvgIpc) is 3.02. The molecule has 1 aromatic rings. The van der Waals surface area contributed by atoms with Crippen molar-refractivity contribution in [2.45, 2.75) is 64.5 Å². The molecule has 3 heterocycles. The number of rotatable bonds is 2. The summed E-state index contributed by atoms with van der Waals surface area (Å²) in [5.74, 6) is 0.737. The van der Waals surface area contributed by atoms with Gasteiger partial charge in [0.25, 0.3) is 0 Å². The number of piperidine rings is 1. The van der Waals surface area contributed by atoms with Crippen LogP contribution in [0, 0.1) is 27.7 Å². The van der Waals surface area contributed by atoms with Crippen LogP contribution in [0.15, 0.2) is 6.07 Å². The van der Waals surface area contributed by atoms with Crippen molar-refractivity contribution in [3.8, 4) is 0 Å². The standard InChI is InChI=1S/C21H32N2O/c1-14-9-20(17(4)16(3)15(14)2)18-5-7-23(8-6-18)19-10-21(24-11-19)12-22-13-21/h9,18-19,22H,5-8,10-13H2,1-4H3/t19-/m0/s1. The Morgan fingerprint density at radius 2 is 1.75 bits per heavy atom. The summed E-state index contributed by atoms with van der Waals surface area (Å²) in [6, 6.07) is 3.11. The first kappa shape index (κ1) is 16.6. The highest BCUT2D eigenvalue weighted by Gasteiger charge is 2.47. The molecule has 3 heteroatoms. The van der Waals surface area contributed by atoms with E-state index in [1.165, 1.54) is 54.6 Å². The van der Waals surface area contributed by atoms with E-state index < -0.39 is 0 Å². The molecule has 3 fully saturated rings. The van der Waals surface area contributed by atoms with Crippen molar-refractivity contribution in [3.63, 3.8) is 0 Å². The molecular weight excluding hydrogens is 296 g/mol. The van der Waals surface area contributed by atoms with Crippen LogP contribution in [-0.2, 0) is 4.74 Å². The molecule has 0 aliphatic carbocycles. The topological polar surface area (TPSA) is 24.5 Å². The van der Waals surface area contributed by atoms with Crippen molar-refractivity contribution < 1.29 is 4.74 Å². The minimum absolute atomic E-state index is 0.184. The number of aryl methyl sites for hydroxylation is 1. The predicted molar refractivity (Wildman–Crippen MR) is 98.9 cm³/mol. The summed E-state index contributed by atoms with van der Waals surface area (Å²) in [5.41, 5.74) is 7.74. The van der Waals surface area contributed by atoms with Crippen LogP contribution in [0.5, 0.6) is 0 Å². The largest absolute Gasteiger partial charge is 0.371 e. The fourth-order valence-corrected chi connectivity index (χ4v) is 4.95. The normalized spacial score (nSPS) is 27.6. The number of nitrogens with one attached hydrogen (secondary N) is 1. The quantitative estimate of drug-likeness (QED) is 0.902. The average molecular weight is 329 g/mol. The lowest BCUT2D eigenvalue weighted by molar-refractivity contribution is -0.0367. The molecule has 0 radical (unpaired) electrons. The van der Waals surface area contributed by atoms with E-state index in [0.717, 1.165) is 25.6 Å². The lowest BCUT2D eigenvalue weighted by atomic mass is 9.82. The van der Waals surface area contributed by atoms with Crippen molar-refractivity contribution in [3.05, 3.63) is 33.9 Å². The van der Waals surface area contributed by atoms with Gasteiger partial charge in [-0.15, -0.1) is 0 Å². The van der Waals surface area contributed by atoms with Crippen LogP contribution < -0.4 is 5.32 Å². The first-order valence-corrected chi connectivity index (χ1v) is 9.65. The number of nitrogens with zero attached hydrogens (tertiary/aromatic N) is 1. The van der Waals surface area contributed by atoms with Crippen LogP contribution in [0.3, 0.4) is 0 Å². The highest BCUT2D eigenvalue weighted by atomic mass is 16.5. The van der Waals surface area contributed by atoms with Gasteiger partial charge in [-0.05, 0) is 93.8 Å². The molecule has 3 nitrogen and oxygen atoms in total. The van der Waals surface area contributed by atoms with Gasteiger partial charge in [0.15, 0.2) is 0 Å². The van der Waals surface area contributed by atoms with Gasteiger partial charge in [0, 0.05) is 19.1 Å². The Labute approximate surface area is 146 Å². The summed E-state index contributed by atoms with van der Waals surface area (Å²) in [4.78, 5) is 2.70. The van der Waals surface area contributed by atoms with Crippen molar-refractivity contribution >= 4 is 0 Å². The molecule has 0 bridgehead atoms. The van der Waals surface area contributed by atoms with Gasteiger partial charge < -0.3 is 10.1 Å². The Morgan fingerprint density at radius 1 is 1.04 bits per heavy atom. The van der Waals surface area contributed by atoms with E-state index in [-0.39, 0.29) is 5.60 Å². The van der Waals surface area contributed by atoms with E-state index in [9.17, 15) is 0 Å². The lowest BCUT2D eigenvalue weighted by Crippen LogP contribution is -2.59. The first-order chi connectivity index (χ1) is 11.5. The van der Waals surface area contributed by atoms with Gasteiger partial charge in [-0.2, -0.15) is 0 Å². The van der Waals surface area contributed by atoms with E-state index in [2.05, 4.69) is 44.0 Å². The van der Waals surface area contributed by atoms with Crippen molar-refractivity contribution in [2.75, 3.05) is 32.8 Å². The molecule has 3 aliphatic rings. The Hall–Kier alpha value is -0.900. The number of hydrogen-bond acceptors (Lipinski definition) is 3. The molecule has 3 aliphatic heterocycles. The van der Waals surface area contributed by atoms with E-state index in [4.69, 9.17) is 4.74 Å². The maximum absolute atomic E-state index is 6.11. The van der Waals surface area contributed by atoms with Gasteiger partial charge in [-0.25, -0.2) is 0 Å². The number of benzene rings is 1. The minimum atomic E-state index is 0.184. The maximum atomic E-state index is 6.11. The number of ether oxygens (including phenoxy) is 1. The van der Waals surface area contributed by atoms with E-state index in [1.807, 2.05) is 0 Å². The summed E-state index contributed by atoms with van der Waals surface area (Å²) < 4.78 is 6.11. The fourth-order valence-electron chi connectivity index (χ4n) is 4.95. The summed E-state index contributed by atoms with van der Waals surface area (Å²) in [6.45, 7) is 14.6. The molecule has 24 heavy (non-hydrogen) atoms. The van der Waals surface area contributed by atoms with Crippen LogP contribution in [0.4, 0.5) is 0 Å². The third-order valence-electron chi connectivity index (χ3n) is 7.09. The molecule has 3 saturated heterocycles. The maximum Gasteiger partial charge on any atom is 0.0946 e. The second-order valence-corrected chi connectivity index (χ2v) is 8.42. The first-order valence-electron chi connectivity index (χ1n) is 9.65. The Morgan fingerprint density at radius 3 is 2.33 bits per heavy atom. The van der Waals surface area contributed by atoms with Crippen LogP contribution in [-0.4, -0.2) is 49.3 Å². The zero-order chi connectivity index (χ0) is 16.9. The summed E-state index contributed by atoms with van der Waals surface area (Å²) in [7, 11) is 0. The second kappa shape index (κ2) is 6.12. The molecule has 0 amide bonds. The van der Waals surface area contributed by atoms with Crippen LogP contribution in [0.2, 0.25) is 0 Å². The molecular formula is C21H32N2O. The van der Waals surface area contributed by atoms with Gasteiger partial charge in [0.05, 0.1) is 12.2 Å². The van der Waals surface area contributed by atoms with Gasteiger partial charge in [0.1, 0.15) is 0 Å². The highest BCUT2D eigenvalue weighted by molar-refractivity contribution is 5.45. The van der Waals surface area contributed by atoms with Crippen molar-refractivity contribution in [2.24, 2.45) is 0 Å². The summed E-state index contributed by atoms with van der Waals surface area (Å²) in [6.07, 6.45) is 3.82. The fraction of sp³-hybridized carbons (Fsp3) is 0.714. The monoisotopic (exact) mass is 328 g/mol. The molecule has 0 aromatic heterocycles. The predicted octanol–water partition coefficient (Wildman–Crippen LogP) is 3.23.